The minimum Gasteiger partial charge on any atom is -0.326 e. The summed E-state index contributed by atoms with van der Waals surface area (Å²) in [4.78, 5) is 26.6. The Labute approximate surface area is 142 Å². The molecule has 24 heavy (non-hydrogen) atoms. The third-order valence-corrected chi connectivity index (χ3v) is 6.00. The lowest BCUT2D eigenvalue weighted by Crippen LogP contribution is -2.44. The zero-order chi connectivity index (χ0) is 16.6. The van der Waals surface area contributed by atoms with E-state index in [-0.39, 0.29) is 17.2 Å². The third kappa shape index (κ3) is 2.61. The molecule has 3 aliphatic rings. The van der Waals surface area contributed by atoms with Gasteiger partial charge in [-0.1, -0.05) is 12.8 Å². The van der Waals surface area contributed by atoms with Crippen LogP contribution in [0.5, 0.6) is 0 Å². The van der Waals surface area contributed by atoms with Gasteiger partial charge >= 0.3 is 0 Å². The Morgan fingerprint density at radius 1 is 1.21 bits per heavy atom. The van der Waals surface area contributed by atoms with Gasteiger partial charge in [-0.25, -0.2) is 0 Å². The van der Waals surface area contributed by atoms with Crippen LogP contribution in [0.4, 0.5) is 11.4 Å². The summed E-state index contributed by atoms with van der Waals surface area (Å²) in [5, 5.41) is 6.54. The maximum absolute atomic E-state index is 12.9. The highest BCUT2D eigenvalue weighted by atomic mass is 16.2. The molecular weight excluding hydrogens is 302 g/mol. The Hall–Kier alpha value is -1.88. The molecule has 2 heterocycles. The molecule has 1 aromatic carbocycles. The molecule has 1 saturated carbocycles. The van der Waals surface area contributed by atoms with E-state index in [0.29, 0.717) is 12.3 Å². The van der Waals surface area contributed by atoms with Gasteiger partial charge in [0.05, 0.1) is 5.41 Å². The molecule has 0 spiro atoms. The lowest BCUT2D eigenvalue weighted by molar-refractivity contribution is -0.128. The standard InChI is InChI=1S/C19H25N3O2/c23-17-5-3-11-22(17)16-8-6-15(7-9-16)21-18(24)19-10-2-1-4-14(19)12-20-13-19/h6-9,14,20H,1-5,10-13H2,(H,21,24)/t14-,19+/m0/s1. The van der Waals surface area contributed by atoms with Crippen molar-refractivity contribution < 1.29 is 9.59 Å². The Bertz CT molecular complexity index is 643. The predicted molar refractivity (Wildman–Crippen MR) is 93.9 cm³/mol. The number of fused-ring (bicyclic) bond motifs is 1. The van der Waals surface area contributed by atoms with E-state index in [2.05, 4.69) is 10.6 Å². The first kappa shape index (κ1) is 15.6. The molecule has 0 radical (unpaired) electrons. The number of hydrogen-bond acceptors (Lipinski definition) is 3. The average molecular weight is 327 g/mol. The molecular formula is C19H25N3O2. The van der Waals surface area contributed by atoms with Gasteiger partial charge in [-0.2, -0.15) is 0 Å². The summed E-state index contributed by atoms with van der Waals surface area (Å²) in [5.41, 5.74) is 1.51. The van der Waals surface area contributed by atoms with Crippen molar-refractivity contribution in [3.05, 3.63) is 24.3 Å². The second kappa shape index (κ2) is 6.20. The van der Waals surface area contributed by atoms with Crippen LogP contribution in [-0.2, 0) is 9.59 Å². The summed E-state index contributed by atoms with van der Waals surface area (Å²) in [6, 6.07) is 7.69. The molecule has 4 rings (SSSR count). The predicted octanol–water partition coefficient (Wildman–Crippen LogP) is 2.53. The SMILES string of the molecule is O=C1CCCN1c1ccc(NC(=O)[C@@]23CCCC[C@H]2CNC3)cc1. The van der Waals surface area contributed by atoms with Crippen molar-refractivity contribution in [1.29, 1.82) is 0 Å². The minimum absolute atomic E-state index is 0.155. The highest BCUT2D eigenvalue weighted by molar-refractivity contribution is 5.97. The molecule has 1 aliphatic carbocycles. The normalized spacial score (nSPS) is 29.6. The number of nitrogens with zero attached hydrogens (tertiary/aromatic N) is 1. The van der Waals surface area contributed by atoms with Gasteiger partial charge in [-0.3, -0.25) is 9.59 Å². The van der Waals surface area contributed by atoms with Crippen molar-refractivity contribution in [3.63, 3.8) is 0 Å². The number of benzene rings is 1. The van der Waals surface area contributed by atoms with Crippen LogP contribution in [0.3, 0.4) is 0 Å². The Morgan fingerprint density at radius 3 is 2.79 bits per heavy atom. The fraction of sp³-hybridized carbons (Fsp3) is 0.579. The van der Waals surface area contributed by atoms with E-state index in [4.69, 9.17) is 0 Å². The number of carbonyl (C=O) groups is 2. The van der Waals surface area contributed by atoms with Crippen molar-refractivity contribution in [2.75, 3.05) is 29.9 Å². The summed E-state index contributed by atoms with van der Waals surface area (Å²) in [5.74, 6) is 0.808. The molecule has 3 fully saturated rings. The third-order valence-electron chi connectivity index (χ3n) is 6.00. The zero-order valence-corrected chi connectivity index (χ0v) is 14.0. The van der Waals surface area contributed by atoms with E-state index >= 15 is 0 Å². The van der Waals surface area contributed by atoms with E-state index in [0.717, 1.165) is 56.7 Å². The smallest absolute Gasteiger partial charge is 0.232 e. The van der Waals surface area contributed by atoms with E-state index in [1.165, 1.54) is 6.42 Å². The van der Waals surface area contributed by atoms with E-state index < -0.39 is 0 Å². The van der Waals surface area contributed by atoms with Crippen molar-refractivity contribution >= 4 is 23.2 Å². The number of carbonyl (C=O) groups excluding carboxylic acids is 2. The molecule has 5 nitrogen and oxygen atoms in total. The Kier molecular flexibility index (Phi) is 4.04. The monoisotopic (exact) mass is 327 g/mol. The molecule has 2 amide bonds. The largest absolute Gasteiger partial charge is 0.326 e. The van der Waals surface area contributed by atoms with Gasteiger partial charge in [0.2, 0.25) is 11.8 Å². The van der Waals surface area contributed by atoms with E-state index in [1.54, 1.807) is 0 Å². The second-order valence-corrected chi connectivity index (χ2v) is 7.38. The fourth-order valence-electron chi connectivity index (χ4n) is 4.59. The number of amides is 2. The van der Waals surface area contributed by atoms with Crippen LogP contribution < -0.4 is 15.5 Å². The topological polar surface area (TPSA) is 61.4 Å². The molecule has 128 valence electrons. The van der Waals surface area contributed by atoms with Crippen molar-refractivity contribution in [3.8, 4) is 0 Å². The number of rotatable bonds is 3. The van der Waals surface area contributed by atoms with Crippen LogP contribution in [0.1, 0.15) is 38.5 Å². The number of nitrogens with one attached hydrogen (secondary N) is 2. The quantitative estimate of drug-likeness (QED) is 0.897. The van der Waals surface area contributed by atoms with Gasteiger partial charge in [0.25, 0.3) is 0 Å². The molecule has 2 aliphatic heterocycles. The zero-order valence-electron chi connectivity index (χ0n) is 14.0. The van der Waals surface area contributed by atoms with Crippen LogP contribution in [0.15, 0.2) is 24.3 Å². The highest BCUT2D eigenvalue weighted by Crippen LogP contribution is 2.44. The lowest BCUT2D eigenvalue weighted by Gasteiger charge is -2.37. The Morgan fingerprint density at radius 2 is 2.04 bits per heavy atom. The maximum Gasteiger partial charge on any atom is 0.232 e. The van der Waals surface area contributed by atoms with E-state index in [9.17, 15) is 9.59 Å². The van der Waals surface area contributed by atoms with Crippen LogP contribution >= 0.6 is 0 Å². The fourth-order valence-corrected chi connectivity index (χ4v) is 4.59. The Balaban J connectivity index is 1.47. The lowest BCUT2D eigenvalue weighted by atomic mass is 9.67. The molecule has 2 saturated heterocycles. The summed E-state index contributed by atoms with van der Waals surface area (Å²) in [7, 11) is 0. The first-order valence-corrected chi connectivity index (χ1v) is 9.12. The van der Waals surface area contributed by atoms with Crippen molar-refractivity contribution in [2.45, 2.75) is 38.5 Å². The minimum atomic E-state index is -0.234. The molecule has 2 atom stereocenters. The van der Waals surface area contributed by atoms with Gasteiger partial charge in [-0.15, -0.1) is 0 Å². The molecule has 0 bridgehead atoms. The van der Waals surface area contributed by atoms with Gasteiger partial charge in [0.1, 0.15) is 0 Å². The molecule has 1 aromatic rings. The summed E-state index contributed by atoms with van der Waals surface area (Å²) in [6.07, 6.45) is 6.07. The van der Waals surface area contributed by atoms with Crippen molar-refractivity contribution in [1.82, 2.24) is 5.32 Å². The van der Waals surface area contributed by atoms with Crippen LogP contribution in [0, 0.1) is 11.3 Å². The average Bonchev–Trinajstić information content (AvgIpc) is 3.22. The first-order chi connectivity index (χ1) is 11.7. The van der Waals surface area contributed by atoms with Gasteiger partial charge in [-0.05, 0) is 56.0 Å². The van der Waals surface area contributed by atoms with Crippen molar-refractivity contribution in [2.24, 2.45) is 11.3 Å². The maximum atomic E-state index is 12.9. The van der Waals surface area contributed by atoms with E-state index in [1.807, 2.05) is 29.2 Å². The summed E-state index contributed by atoms with van der Waals surface area (Å²) >= 11 is 0. The molecule has 2 N–H and O–H groups in total. The molecule has 0 unspecified atom stereocenters. The number of anilines is 2. The summed E-state index contributed by atoms with van der Waals surface area (Å²) in [6.45, 7) is 2.55. The number of hydrogen-bond donors (Lipinski definition) is 2. The first-order valence-electron chi connectivity index (χ1n) is 9.12. The molecule has 0 aromatic heterocycles. The van der Waals surface area contributed by atoms with Crippen LogP contribution in [-0.4, -0.2) is 31.4 Å². The van der Waals surface area contributed by atoms with Crippen LogP contribution in [0.25, 0.3) is 0 Å². The molecule has 5 heteroatoms. The highest BCUT2D eigenvalue weighted by Gasteiger charge is 2.49. The summed E-state index contributed by atoms with van der Waals surface area (Å²) < 4.78 is 0. The van der Waals surface area contributed by atoms with Gasteiger partial charge in [0.15, 0.2) is 0 Å². The van der Waals surface area contributed by atoms with Gasteiger partial charge in [0, 0.05) is 30.9 Å². The van der Waals surface area contributed by atoms with Gasteiger partial charge < -0.3 is 15.5 Å². The second-order valence-electron chi connectivity index (χ2n) is 7.38. The van der Waals surface area contributed by atoms with Crippen LogP contribution in [0.2, 0.25) is 0 Å².